The van der Waals surface area contributed by atoms with Gasteiger partial charge in [0.2, 0.25) is 0 Å². The van der Waals surface area contributed by atoms with Crippen molar-refractivity contribution < 1.29 is 4.74 Å². The summed E-state index contributed by atoms with van der Waals surface area (Å²) in [6.45, 7) is 7.82. The number of ether oxygens (including phenoxy) is 1. The van der Waals surface area contributed by atoms with E-state index in [0.717, 1.165) is 6.54 Å². The Morgan fingerprint density at radius 3 is 2.50 bits per heavy atom. The van der Waals surface area contributed by atoms with Crippen LogP contribution in [0.4, 0.5) is 0 Å². The number of hydrogen-bond acceptors (Lipinski definition) is 2. The fourth-order valence-electron chi connectivity index (χ4n) is 3.46. The van der Waals surface area contributed by atoms with Crippen LogP contribution in [-0.2, 0) is 4.74 Å². The molecule has 2 fully saturated rings. The minimum Gasteiger partial charge on any atom is -0.372 e. The lowest BCUT2D eigenvalue weighted by molar-refractivity contribution is -0.0659. The number of hydrogen-bond donors (Lipinski definition) is 1. The molecule has 1 saturated heterocycles. The van der Waals surface area contributed by atoms with Gasteiger partial charge in [-0.2, -0.15) is 0 Å². The van der Waals surface area contributed by atoms with Crippen molar-refractivity contribution in [2.24, 2.45) is 0 Å². The lowest BCUT2D eigenvalue weighted by atomic mass is 9.83. The molecule has 1 aliphatic carbocycles. The lowest BCUT2D eigenvalue weighted by Gasteiger charge is -2.33. The summed E-state index contributed by atoms with van der Waals surface area (Å²) in [5, 5.41) is 3.56. The van der Waals surface area contributed by atoms with Crippen molar-refractivity contribution in [1.29, 1.82) is 0 Å². The van der Waals surface area contributed by atoms with E-state index < -0.39 is 0 Å². The van der Waals surface area contributed by atoms with E-state index in [0.29, 0.717) is 11.7 Å². The predicted octanol–water partition coefficient (Wildman–Crippen LogP) is 4.04. The smallest absolute Gasteiger partial charge is 0.0687 e. The number of nitrogens with one attached hydrogen (secondary N) is 1. The highest BCUT2D eigenvalue weighted by atomic mass is 16.5. The van der Waals surface area contributed by atoms with Crippen LogP contribution in [0, 0.1) is 0 Å². The number of rotatable bonds is 4. The first-order valence-corrected chi connectivity index (χ1v) is 7.92. The second kappa shape index (κ2) is 5.92. The van der Waals surface area contributed by atoms with E-state index >= 15 is 0 Å². The summed E-state index contributed by atoms with van der Waals surface area (Å²) in [6, 6.07) is 0. The zero-order valence-corrected chi connectivity index (χ0v) is 12.6. The third kappa shape index (κ3) is 4.24. The van der Waals surface area contributed by atoms with Crippen molar-refractivity contribution in [3.8, 4) is 0 Å². The molecule has 0 aromatic rings. The van der Waals surface area contributed by atoms with Gasteiger partial charge in [-0.15, -0.1) is 0 Å². The first-order valence-electron chi connectivity index (χ1n) is 7.92. The quantitative estimate of drug-likeness (QED) is 0.764. The van der Waals surface area contributed by atoms with E-state index in [4.69, 9.17) is 4.74 Å². The van der Waals surface area contributed by atoms with Crippen LogP contribution in [0.15, 0.2) is 0 Å². The van der Waals surface area contributed by atoms with E-state index in [1.807, 2.05) is 0 Å². The first-order chi connectivity index (χ1) is 8.49. The molecule has 0 aromatic carbocycles. The van der Waals surface area contributed by atoms with Crippen molar-refractivity contribution in [2.75, 3.05) is 6.54 Å². The van der Waals surface area contributed by atoms with Crippen LogP contribution in [0.3, 0.4) is 0 Å². The van der Waals surface area contributed by atoms with Gasteiger partial charge in [-0.25, -0.2) is 0 Å². The molecule has 0 amide bonds. The Morgan fingerprint density at radius 1 is 1.11 bits per heavy atom. The standard InChI is InChI=1S/C16H31NO/c1-15(2,3)17-13-7-8-14-9-12-16(18-14)10-5-4-6-11-16/h14,17H,4-13H2,1-3H3. The van der Waals surface area contributed by atoms with Crippen LogP contribution in [-0.4, -0.2) is 23.8 Å². The molecule has 0 radical (unpaired) electrons. The van der Waals surface area contributed by atoms with Crippen molar-refractivity contribution in [2.45, 2.75) is 95.8 Å². The largest absolute Gasteiger partial charge is 0.372 e. The maximum atomic E-state index is 6.39. The summed E-state index contributed by atoms with van der Waals surface area (Å²) < 4.78 is 6.39. The second-order valence-electron chi connectivity index (χ2n) is 7.34. The second-order valence-corrected chi connectivity index (χ2v) is 7.34. The summed E-state index contributed by atoms with van der Waals surface area (Å²) in [6.07, 6.45) is 12.5. The molecule has 1 atom stereocenters. The molecule has 0 aromatic heterocycles. The van der Waals surface area contributed by atoms with E-state index in [9.17, 15) is 0 Å². The Labute approximate surface area is 113 Å². The molecule has 2 heteroatoms. The Bertz CT molecular complexity index is 250. The van der Waals surface area contributed by atoms with Crippen LogP contribution >= 0.6 is 0 Å². The summed E-state index contributed by atoms with van der Waals surface area (Å²) in [5.74, 6) is 0. The highest BCUT2D eigenvalue weighted by Crippen LogP contribution is 2.42. The molecule has 1 aliphatic heterocycles. The molecule has 1 unspecified atom stereocenters. The van der Waals surface area contributed by atoms with Gasteiger partial charge in [0, 0.05) is 5.54 Å². The highest BCUT2D eigenvalue weighted by molar-refractivity contribution is 4.91. The topological polar surface area (TPSA) is 21.3 Å². The molecule has 1 heterocycles. The molecule has 1 saturated carbocycles. The molecule has 2 nitrogen and oxygen atoms in total. The Hall–Kier alpha value is -0.0800. The zero-order valence-electron chi connectivity index (χ0n) is 12.6. The Kier molecular flexibility index (Phi) is 4.71. The van der Waals surface area contributed by atoms with Crippen molar-refractivity contribution in [3.05, 3.63) is 0 Å². The molecule has 106 valence electrons. The Morgan fingerprint density at radius 2 is 1.83 bits per heavy atom. The van der Waals surface area contributed by atoms with Gasteiger partial charge in [0.15, 0.2) is 0 Å². The molecule has 2 rings (SSSR count). The SMILES string of the molecule is CC(C)(C)NCCCC1CCC2(CCCCC2)O1. The maximum absolute atomic E-state index is 6.39. The van der Waals surface area contributed by atoms with Crippen molar-refractivity contribution in [1.82, 2.24) is 5.32 Å². The average molecular weight is 253 g/mol. The summed E-state index contributed by atoms with van der Waals surface area (Å²) >= 11 is 0. The molecule has 1 spiro atoms. The van der Waals surface area contributed by atoms with Gasteiger partial charge in [0.25, 0.3) is 0 Å². The fraction of sp³-hybridized carbons (Fsp3) is 1.00. The van der Waals surface area contributed by atoms with Crippen LogP contribution in [0.25, 0.3) is 0 Å². The third-order valence-electron chi connectivity index (χ3n) is 4.46. The minimum atomic E-state index is 0.251. The molecule has 1 N–H and O–H groups in total. The van der Waals surface area contributed by atoms with Gasteiger partial charge in [-0.05, 0) is 65.8 Å². The van der Waals surface area contributed by atoms with Crippen molar-refractivity contribution in [3.63, 3.8) is 0 Å². The van der Waals surface area contributed by atoms with Crippen LogP contribution in [0.2, 0.25) is 0 Å². The molecule has 0 bridgehead atoms. The molecular weight excluding hydrogens is 222 g/mol. The minimum absolute atomic E-state index is 0.251. The van der Waals surface area contributed by atoms with Gasteiger partial charge in [0.05, 0.1) is 11.7 Å². The average Bonchev–Trinajstić information content (AvgIpc) is 2.68. The molecule has 18 heavy (non-hydrogen) atoms. The summed E-state index contributed by atoms with van der Waals surface area (Å²) in [7, 11) is 0. The zero-order chi connectivity index (χ0) is 13.1. The fourth-order valence-corrected chi connectivity index (χ4v) is 3.46. The third-order valence-corrected chi connectivity index (χ3v) is 4.46. The first kappa shape index (κ1) is 14.3. The summed E-state index contributed by atoms with van der Waals surface area (Å²) in [4.78, 5) is 0. The summed E-state index contributed by atoms with van der Waals surface area (Å²) in [5.41, 5.74) is 0.557. The van der Waals surface area contributed by atoms with Crippen molar-refractivity contribution >= 4 is 0 Å². The van der Waals surface area contributed by atoms with E-state index in [1.165, 1.54) is 57.8 Å². The van der Waals surface area contributed by atoms with Gasteiger partial charge in [0.1, 0.15) is 0 Å². The predicted molar refractivity (Wildman–Crippen MR) is 76.9 cm³/mol. The van der Waals surface area contributed by atoms with Gasteiger partial charge < -0.3 is 10.1 Å². The van der Waals surface area contributed by atoms with Crippen LogP contribution in [0.5, 0.6) is 0 Å². The monoisotopic (exact) mass is 253 g/mol. The molecular formula is C16H31NO. The van der Waals surface area contributed by atoms with E-state index in [2.05, 4.69) is 26.1 Å². The maximum Gasteiger partial charge on any atom is 0.0687 e. The van der Waals surface area contributed by atoms with Gasteiger partial charge in [-0.1, -0.05) is 19.3 Å². The van der Waals surface area contributed by atoms with Crippen LogP contribution in [0.1, 0.15) is 78.6 Å². The Balaban J connectivity index is 1.64. The lowest BCUT2D eigenvalue weighted by Crippen LogP contribution is -2.36. The normalized spacial score (nSPS) is 27.8. The van der Waals surface area contributed by atoms with E-state index in [-0.39, 0.29) is 5.54 Å². The van der Waals surface area contributed by atoms with Gasteiger partial charge in [-0.3, -0.25) is 0 Å². The van der Waals surface area contributed by atoms with E-state index in [1.54, 1.807) is 0 Å². The molecule has 2 aliphatic rings. The van der Waals surface area contributed by atoms with Gasteiger partial charge >= 0.3 is 0 Å². The van der Waals surface area contributed by atoms with Crippen LogP contribution < -0.4 is 5.32 Å². The highest BCUT2D eigenvalue weighted by Gasteiger charge is 2.40.